The van der Waals surface area contributed by atoms with Crippen LogP contribution >= 0.6 is 0 Å². The van der Waals surface area contributed by atoms with E-state index in [1.807, 2.05) is 63.2 Å². The molecule has 0 radical (unpaired) electrons. The largest absolute Gasteiger partial charge is 0.321 e. The van der Waals surface area contributed by atoms with Crippen LogP contribution in [0.15, 0.2) is 108 Å². The average molecular weight is 527 g/mol. The summed E-state index contributed by atoms with van der Waals surface area (Å²) >= 11 is 0. The van der Waals surface area contributed by atoms with Crippen molar-refractivity contribution >= 4 is 27.4 Å². The third-order valence-electron chi connectivity index (χ3n) is 6.18. The molecule has 4 aromatic carbocycles. The van der Waals surface area contributed by atoms with Crippen LogP contribution in [0.5, 0.6) is 0 Å². The van der Waals surface area contributed by atoms with Gasteiger partial charge in [-0.3, -0.25) is 9.59 Å². The number of carbonyl (C=O) groups is 2. The van der Waals surface area contributed by atoms with E-state index in [0.717, 1.165) is 11.1 Å². The highest BCUT2D eigenvalue weighted by Crippen LogP contribution is 2.24. The topological polar surface area (TPSA) is 83.6 Å². The molecule has 1 amide bonds. The number of anilines is 1. The molecule has 0 atom stereocenters. The number of ketones is 1. The molecule has 4 rings (SSSR count). The first-order valence-corrected chi connectivity index (χ1v) is 13.8. The van der Waals surface area contributed by atoms with Gasteiger partial charge in [-0.25, -0.2) is 8.42 Å². The smallest absolute Gasteiger partial charge is 0.255 e. The maximum Gasteiger partial charge on any atom is 0.255 e. The highest BCUT2D eigenvalue weighted by molar-refractivity contribution is 7.89. The van der Waals surface area contributed by atoms with Gasteiger partial charge in [0.25, 0.3) is 5.91 Å². The molecule has 0 unspecified atom stereocenters. The summed E-state index contributed by atoms with van der Waals surface area (Å²) in [6.07, 6.45) is 0. The Balaban J connectivity index is 1.56. The van der Waals surface area contributed by atoms with E-state index < -0.39 is 15.9 Å². The molecule has 0 aliphatic heterocycles. The van der Waals surface area contributed by atoms with Crippen LogP contribution < -0.4 is 5.32 Å². The van der Waals surface area contributed by atoms with E-state index in [2.05, 4.69) is 5.32 Å². The Morgan fingerprint density at radius 3 is 2.00 bits per heavy atom. The van der Waals surface area contributed by atoms with E-state index in [9.17, 15) is 18.0 Å². The van der Waals surface area contributed by atoms with Crippen molar-refractivity contribution in [3.63, 3.8) is 0 Å². The number of rotatable bonds is 9. The number of hydrogen-bond acceptors (Lipinski definition) is 4. The number of nitrogens with one attached hydrogen (secondary N) is 1. The Morgan fingerprint density at radius 1 is 0.789 bits per heavy atom. The van der Waals surface area contributed by atoms with Gasteiger partial charge in [-0.05, 0) is 62.7 Å². The minimum absolute atomic E-state index is 0.106. The molecule has 38 heavy (non-hydrogen) atoms. The third kappa shape index (κ3) is 6.07. The van der Waals surface area contributed by atoms with Gasteiger partial charge in [-0.2, -0.15) is 4.31 Å². The van der Waals surface area contributed by atoms with E-state index in [1.54, 1.807) is 36.4 Å². The summed E-state index contributed by atoms with van der Waals surface area (Å²) in [4.78, 5) is 26.3. The summed E-state index contributed by atoms with van der Waals surface area (Å²) < 4.78 is 28.3. The molecule has 0 aliphatic rings. The quantitative estimate of drug-likeness (QED) is 0.268. The molecule has 0 bridgehead atoms. The molecule has 0 aliphatic carbocycles. The predicted octanol–water partition coefficient (Wildman–Crippen LogP) is 6.08. The van der Waals surface area contributed by atoms with Crippen LogP contribution in [-0.2, 0) is 16.6 Å². The van der Waals surface area contributed by atoms with Gasteiger partial charge in [0.2, 0.25) is 10.0 Å². The lowest BCUT2D eigenvalue weighted by atomic mass is 9.99. The normalized spacial score (nSPS) is 11.5. The molecular formula is C31H30N2O4S. The van der Waals surface area contributed by atoms with Gasteiger partial charge in [0, 0.05) is 29.3 Å². The summed E-state index contributed by atoms with van der Waals surface area (Å²) in [5.74, 6) is -0.636. The highest BCUT2D eigenvalue weighted by atomic mass is 32.2. The summed E-state index contributed by atoms with van der Waals surface area (Å²) in [7, 11) is -3.80. The Hall–Kier alpha value is -4.07. The van der Waals surface area contributed by atoms with Crippen molar-refractivity contribution in [2.75, 3.05) is 5.32 Å². The molecular weight excluding hydrogens is 496 g/mol. The first-order chi connectivity index (χ1) is 18.2. The predicted molar refractivity (Wildman–Crippen MR) is 150 cm³/mol. The molecule has 194 valence electrons. The molecule has 6 nitrogen and oxygen atoms in total. The van der Waals surface area contributed by atoms with E-state index in [-0.39, 0.29) is 28.8 Å². The zero-order valence-electron chi connectivity index (χ0n) is 21.6. The minimum Gasteiger partial charge on any atom is -0.321 e. The number of nitrogens with zero attached hydrogens (tertiary/aromatic N) is 1. The molecule has 0 saturated carbocycles. The number of carbonyl (C=O) groups excluding carboxylic acids is 2. The van der Waals surface area contributed by atoms with Crippen LogP contribution in [0.2, 0.25) is 0 Å². The van der Waals surface area contributed by atoms with Gasteiger partial charge in [-0.1, -0.05) is 72.3 Å². The zero-order chi connectivity index (χ0) is 27.3. The van der Waals surface area contributed by atoms with Crippen LogP contribution in [-0.4, -0.2) is 30.5 Å². The van der Waals surface area contributed by atoms with Crippen LogP contribution in [0, 0.1) is 6.92 Å². The van der Waals surface area contributed by atoms with Crippen molar-refractivity contribution in [3.05, 3.63) is 131 Å². The van der Waals surface area contributed by atoms with Gasteiger partial charge in [0.15, 0.2) is 5.78 Å². The highest BCUT2D eigenvalue weighted by Gasteiger charge is 2.27. The maximum absolute atomic E-state index is 13.4. The van der Waals surface area contributed by atoms with E-state index >= 15 is 0 Å². The lowest BCUT2D eigenvalue weighted by molar-refractivity contribution is 0.102. The van der Waals surface area contributed by atoms with Crippen molar-refractivity contribution in [2.24, 2.45) is 0 Å². The zero-order valence-corrected chi connectivity index (χ0v) is 22.4. The monoisotopic (exact) mass is 526 g/mol. The first-order valence-electron chi connectivity index (χ1n) is 12.3. The Labute approximate surface area is 224 Å². The number of sulfonamides is 1. The number of benzene rings is 4. The molecule has 0 aromatic heterocycles. The Kier molecular flexibility index (Phi) is 8.20. The first kappa shape index (κ1) is 27.0. The molecule has 7 heteroatoms. The van der Waals surface area contributed by atoms with Gasteiger partial charge in [0.1, 0.15) is 0 Å². The summed E-state index contributed by atoms with van der Waals surface area (Å²) in [6.45, 7) is 5.79. The maximum atomic E-state index is 13.4. The van der Waals surface area contributed by atoms with E-state index in [4.69, 9.17) is 0 Å². The second-order valence-electron chi connectivity index (χ2n) is 9.35. The number of aryl methyl sites for hydroxylation is 1. The van der Waals surface area contributed by atoms with Crippen molar-refractivity contribution in [1.82, 2.24) is 4.31 Å². The van der Waals surface area contributed by atoms with Crippen molar-refractivity contribution < 1.29 is 18.0 Å². The van der Waals surface area contributed by atoms with Crippen LogP contribution in [0.3, 0.4) is 0 Å². The molecule has 1 N–H and O–H groups in total. The fourth-order valence-electron chi connectivity index (χ4n) is 4.12. The lowest BCUT2D eigenvalue weighted by Gasteiger charge is -2.26. The SMILES string of the molecule is Cc1ccc(NC(=O)c2ccc(S(=O)(=O)N(Cc3ccccc3)C(C)C)cc2)c(C(=O)c2ccccc2)c1. The summed E-state index contributed by atoms with van der Waals surface area (Å²) in [6, 6.07) is 29.1. The molecule has 0 heterocycles. The van der Waals surface area contributed by atoms with Gasteiger partial charge < -0.3 is 5.32 Å². The number of hydrogen-bond donors (Lipinski definition) is 1. The molecule has 0 fully saturated rings. The fourth-order valence-corrected chi connectivity index (χ4v) is 5.74. The molecule has 4 aromatic rings. The third-order valence-corrected chi connectivity index (χ3v) is 8.22. The average Bonchev–Trinajstić information content (AvgIpc) is 2.93. The van der Waals surface area contributed by atoms with Crippen molar-refractivity contribution in [1.29, 1.82) is 0 Å². The lowest BCUT2D eigenvalue weighted by Crippen LogP contribution is -2.36. The summed E-state index contributed by atoms with van der Waals surface area (Å²) in [5, 5.41) is 2.82. The van der Waals surface area contributed by atoms with Crippen LogP contribution in [0.1, 0.15) is 51.3 Å². The van der Waals surface area contributed by atoms with Crippen LogP contribution in [0.4, 0.5) is 5.69 Å². The Morgan fingerprint density at radius 2 is 1.39 bits per heavy atom. The van der Waals surface area contributed by atoms with Gasteiger partial charge in [-0.15, -0.1) is 0 Å². The summed E-state index contributed by atoms with van der Waals surface area (Å²) in [5.41, 5.74) is 3.36. The van der Waals surface area contributed by atoms with Crippen molar-refractivity contribution in [2.45, 2.75) is 38.3 Å². The number of amides is 1. The van der Waals surface area contributed by atoms with Gasteiger partial charge >= 0.3 is 0 Å². The second-order valence-corrected chi connectivity index (χ2v) is 11.2. The second kappa shape index (κ2) is 11.5. The minimum atomic E-state index is -3.80. The molecule has 0 saturated heterocycles. The van der Waals surface area contributed by atoms with E-state index in [1.165, 1.54) is 28.6 Å². The van der Waals surface area contributed by atoms with Crippen molar-refractivity contribution in [3.8, 4) is 0 Å². The van der Waals surface area contributed by atoms with Crippen LogP contribution in [0.25, 0.3) is 0 Å². The van der Waals surface area contributed by atoms with Gasteiger partial charge in [0.05, 0.1) is 10.6 Å². The fraction of sp³-hybridized carbons (Fsp3) is 0.161. The molecule has 0 spiro atoms. The Bertz CT molecular complexity index is 1530. The standard InChI is InChI=1S/C31H30N2O4S/c1-22(2)33(21-24-10-6-4-7-11-24)38(36,37)27-17-15-26(16-18-27)31(35)32-29-19-14-23(3)20-28(29)30(34)25-12-8-5-9-13-25/h4-20,22H,21H2,1-3H3,(H,32,35). The van der Waals surface area contributed by atoms with E-state index in [0.29, 0.717) is 16.8 Å².